The molecule has 106 valence electrons. The topological polar surface area (TPSA) is 80.0 Å². The Morgan fingerprint density at radius 1 is 1.45 bits per heavy atom. The van der Waals surface area contributed by atoms with Crippen LogP contribution in [-0.4, -0.2) is 17.4 Å². The summed E-state index contributed by atoms with van der Waals surface area (Å²) in [4.78, 5) is 16.4. The summed E-state index contributed by atoms with van der Waals surface area (Å²) in [5.74, 6) is -0.814. The summed E-state index contributed by atoms with van der Waals surface area (Å²) in [6, 6.07) is 5.96. The van der Waals surface area contributed by atoms with Gasteiger partial charge in [0.1, 0.15) is 16.5 Å². The standard InChI is InChI=1S/C13H15FN4OS/c1-2-7-16-13-18-11(15)10(20-13)12(19)17-9-6-4-3-5-8(9)14/h3-6H,2,7,15H2,1H3,(H,16,18)(H,17,19). The lowest BCUT2D eigenvalue weighted by atomic mass is 10.3. The average molecular weight is 294 g/mol. The third-order valence-corrected chi connectivity index (χ3v) is 3.54. The van der Waals surface area contributed by atoms with Gasteiger partial charge in [0.15, 0.2) is 5.13 Å². The van der Waals surface area contributed by atoms with Crippen LogP contribution < -0.4 is 16.4 Å². The van der Waals surface area contributed by atoms with E-state index in [0.29, 0.717) is 5.13 Å². The Kier molecular flexibility index (Phi) is 4.52. The molecule has 4 N–H and O–H groups in total. The van der Waals surface area contributed by atoms with Crippen molar-refractivity contribution in [3.63, 3.8) is 0 Å². The van der Waals surface area contributed by atoms with E-state index in [9.17, 15) is 9.18 Å². The van der Waals surface area contributed by atoms with Gasteiger partial charge < -0.3 is 16.4 Å². The maximum absolute atomic E-state index is 13.5. The number of carbonyl (C=O) groups is 1. The van der Waals surface area contributed by atoms with Crippen LogP contribution in [0.5, 0.6) is 0 Å². The highest BCUT2D eigenvalue weighted by molar-refractivity contribution is 7.18. The van der Waals surface area contributed by atoms with Crippen LogP contribution in [0, 0.1) is 5.82 Å². The van der Waals surface area contributed by atoms with Crippen LogP contribution in [-0.2, 0) is 0 Å². The van der Waals surface area contributed by atoms with Crippen LogP contribution in [0.3, 0.4) is 0 Å². The number of anilines is 3. The summed E-state index contributed by atoms with van der Waals surface area (Å²) in [5.41, 5.74) is 5.83. The van der Waals surface area contributed by atoms with E-state index in [4.69, 9.17) is 5.73 Å². The molecule has 0 bridgehead atoms. The van der Waals surface area contributed by atoms with Crippen LogP contribution in [0.2, 0.25) is 0 Å². The number of para-hydroxylation sites is 1. The molecular formula is C13H15FN4OS. The molecule has 0 aliphatic heterocycles. The summed E-state index contributed by atoms with van der Waals surface area (Å²) in [7, 11) is 0. The summed E-state index contributed by atoms with van der Waals surface area (Å²) in [6.45, 7) is 2.77. The number of hydrogen-bond acceptors (Lipinski definition) is 5. The van der Waals surface area contributed by atoms with Gasteiger partial charge in [0.25, 0.3) is 5.91 Å². The number of nitrogens with zero attached hydrogens (tertiary/aromatic N) is 1. The lowest BCUT2D eigenvalue weighted by Gasteiger charge is -2.04. The zero-order chi connectivity index (χ0) is 14.5. The summed E-state index contributed by atoms with van der Waals surface area (Å²) in [6.07, 6.45) is 0.941. The quantitative estimate of drug-likeness (QED) is 0.792. The number of nitrogens with two attached hydrogens (primary N) is 1. The molecular weight excluding hydrogens is 279 g/mol. The number of benzene rings is 1. The summed E-state index contributed by atoms with van der Waals surface area (Å²) < 4.78 is 13.5. The number of hydrogen-bond donors (Lipinski definition) is 3. The molecule has 2 aromatic rings. The zero-order valence-corrected chi connectivity index (χ0v) is 11.8. The highest BCUT2D eigenvalue weighted by Crippen LogP contribution is 2.26. The molecule has 0 fully saturated rings. The first-order chi connectivity index (χ1) is 9.61. The molecule has 0 radical (unpaired) electrons. The van der Waals surface area contributed by atoms with Gasteiger partial charge in [-0.2, -0.15) is 0 Å². The lowest BCUT2D eigenvalue weighted by Crippen LogP contribution is -2.13. The van der Waals surface area contributed by atoms with E-state index < -0.39 is 11.7 Å². The normalized spacial score (nSPS) is 10.3. The lowest BCUT2D eigenvalue weighted by molar-refractivity contribution is 0.103. The van der Waals surface area contributed by atoms with Crippen molar-refractivity contribution in [1.82, 2.24) is 4.98 Å². The van der Waals surface area contributed by atoms with Crippen molar-refractivity contribution < 1.29 is 9.18 Å². The zero-order valence-electron chi connectivity index (χ0n) is 10.9. The summed E-state index contributed by atoms with van der Waals surface area (Å²) >= 11 is 1.15. The fraction of sp³-hybridized carbons (Fsp3) is 0.231. The minimum absolute atomic E-state index is 0.119. The monoisotopic (exact) mass is 294 g/mol. The van der Waals surface area contributed by atoms with Gasteiger partial charge in [0, 0.05) is 6.54 Å². The second-order valence-corrected chi connectivity index (χ2v) is 5.09. The molecule has 0 atom stereocenters. The van der Waals surface area contributed by atoms with E-state index in [2.05, 4.69) is 15.6 Å². The molecule has 1 aromatic carbocycles. The second-order valence-electron chi connectivity index (χ2n) is 4.09. The number of rotatable bonds is 5. The molecule has 1 amide bonds. The van der Waals surface area contributed by atoms with Gasteiger partial charge in [-0.05, 0) is 18.6 Å². The van der Waals surface area contributed by atoms with Crippen LogP contribution >= 0.6 is 11.3 Å². The molecule has 0 aliphatic rings. The first kappa shape index (κ1) is 14.3. The maximum Gasteiger partial charge on any atom is 0.269 e. The molecule has 0 saturated carbocycles. The number of nitrogens with one attached hydrogen (secondary N) is 2. The molecule has 20 heavy (non-hydrogen) atoms. The van der Waals surface area contributed by atoms with E-state index >= 15 is 0 Å². The highest BCUT2D eigenvalue weighted by atomic mass is 32.1. The Balaban J connectivity index is 2.13. The van der Waals surface area contributed by atoms with Gasteiger partial charge >= 0.3 is 0 Å². The van der Waals surface area contributed by atoms with Crippen molar-refractivity contribution in [3.05, 3.63) is 35.0 Å². The number of thiazole rings is 1. The molecule has 0 spiro atoms. The fourth-order valence-electron chi connectivity index (χ4n) is 1.54. The van der Waals surface area contributed by atoms with Crippen molar-refractivity contribution >= 4 is 33.9 Å². The Hall–Kier alpha value is -2.15. The SMILES string of the molecule is CCCNc1nc(N)c(C(=O)Nc2ccccc2F)s1. The predicted octanol–water partition coefficient (Wildman–Crippen LogP) is 2.94. The smallest absolute Gasteiger partial charge is 0.269 e. The fourth-order valence-corrected chi connectivity index (χ4v) is 2.35. The minimum Gasteiger partial charge on any atom is -0.382 e. The average Bonchev–Trinajstić information content (AvgIpc) is 2.80. The molecule has 0 aliphatic carbocycles. The first-order valence-corrected chi connectivity index (χ1v) is 6.99. The van der Waals surface area contributed by atoms with Crippen LogP contribution in [0.4, 0.5) is 21.0 Å². The number of aromatic nitrogens is 1. The van der Waals surface area contributed by atoms with Gasteiger partial charge in [-0.15, -0.1) is 0 Å². The maximum atomic E-state index is 13.5. The van der Waals surface area contributed by atoms with Crippen molar-refractivity contribution in [2.75, 3.05) is 22.9 Å². The Labute approximate surface area is 120 Å². The molecule has 1 aromatic heterocycles. The highest BCUT2D eigenvalue weighted by Gasteiger charge is 2.17. The number of halogens is 1. The van der Waals surface area contributed by atoms with Crippen molar-refractivity contribution in [2.24, 2.45) is 0 Å². The van der Waals surface area contributed by atoms with Gasteiger partial charge in [0.2, 0.25) is 0 Å². The van der Waals surface area contributed by atoms with Crippen LogP contribution in [0.25, 0.3) is 0 Å². The van der Waals surface area contributed by atoms with Crippen molar-refractivity contribution in [2.45, 2.75) is 13.3 Å². The van der Waals surface area contributed by atoms with E-state index in [-0.39, 0.29) is 16.4 Å². The van der Waals surface area contributed by atoms with E-state index in [0.717, 1.165) is 24.3 Å². The molecule has 5 nitrogen and oxygen atoms in total. The van der Waals surface area contributed by atoms with Gasteiger partial charge in [-0.25, -0.2) is 9.37 Å². The Bertz CT molecular complexity index is 614. The van der Waals surface area contributed by atoms with Crippen LogP contribution in [0.15, 0.2) is 24.3 Å². The third kappa shape index (κ3) is 3.24. The predicted molar refractivity (Wildman–Crippen MR) is 79.7 cm³/mol. The van der Waals surface area contributed by atoms with Gasteiger partial charge in [-0.3, -0.25) is 4.79 Å². The molecule has 2 rings (SSSR count). The third-order valence-electron chi connectivity index (χ3n) is 2.51. The van der Waals surface area contributed by atoms with Crippen molar-refractivity contribution in [3.8, 4) is 0 Å². The van der Waals surface area contributed by atoms with Crippen molar-refractivity contribution in [1.29, 1.82) is 0 Å². The molecule has 7 heteroatoms. The van der Waals surface area contributed by atoms with Crippen LogP contribution in [0.1, 0.15) is 23.0 Å². The van der Waals surface area contributed by atoms with Gasteiger partial charge in [-0.1, -0.05) is 30.4 Å². The van der Waals surface area contributed by atoms with E-state index in [1.807, 2.05) is 6.92 Å². The Morgan fingerprint density at radius 3 is 2.90 bits per heavy atom. The second kappa shape index (κ2) is 6.33. The molecule has 0 saturated heterocycles. The number of carbonyl (C=O) groups excluding carboxylic acids is 1. The number of amides is 1. The largest absolute Gasteiger partial charge is 0.382 e. The minimum atomic E-state index is -0.492. The van der Waals surface area contributed by atoms with E-state index in [1.54, 1.807) is 12.1 Å². The van der Waals surface area contributed by atoms with Gasteiger partial charge in [0.05, 0.1) is 5.69 Å². The number of nitrogen functional groups attached to an aromatic ring is 1. The summed E-state index contributed by atoms with van der Waals surface area (Å²) in [5, 5.41) is 6.13. The van der Waals surface area contributed by atoms with E-state index in [1.165, 1.54) is 12.1 Å². The molecule has 0 unspecified atom stereocenters. The molecule has 1 heterocycles. The Morgan fingerprint density at radius 2 is 2.20 bits per heavy atom. The first-order valence-electron chi connectivity index (χ1n) is 6.18.